The number of anilines is 1. The van der Waals surface area contributed by atoms with E-state index in [9.17, 15) is 9.59 Å². The quantitative estimate of drug-likeness (QED) is 0.302. The minimum atomic E-state index is -0.182. The number of carbonyl (C=O) groups excluding carboxylic acids is 2. The van der Waals surface area contributed by atoms with Gasteiger partial charge in [0.25, 0.3) is 0 Å². The second-order valence-electron chi connectivity index (χ2n) is 6.76. The predicted molar refractivity (Wildman–Crippen MR) is 125 cm³/mol. The predicted octanol–water partition coefficient (Wildman–Crippen LogP) is 4.41. The van der Waals surface area contributed by atoms with E-state index in [1.54, 1.807) is 38.5 Å². The smallest absolute Gasteiger partial charge is 0.234 e. The monoisotopic (exact) mass is 468 g/mol. The maximum absolute atomic E-state index is 12.4. The van der Waals surface area contributed by atoms with Crippen molar-refractivity contribution in [1.29, 1.82) is 0 Å². The average molecular weight is 469 g/mol. The molecule has 164 valence electrons. The fraction of sp³-hybridized carbons (Fsp3) is 0.182. The number of Topliss-reactive ketones (excluding diaryl/α,β-unsaturated/α-hetero) is 1. The summed E-state index contributed by atoms with van der Waals surface area (Å²) >= 11 is 2.74. The molecule has 0 spiro atoms. The topological polar surface area (TPSA) is 94.8 Å². The number of fused-ring (bicyclic) bond motifs is 1. The van der Waals surface area contributed by atoms with Gasteiger partial charge in [0, 0.05) is 22.2 Å². The maximum atomic E-state index is 12.4. The fourth-order valence-corrected chi connectivity index (χ4v) is 4.74. The summed E-state index contributed by atoms with van der Waals surface area (Å²) < 4.78 is 12.8. The summed E-state index contributed by atoms with van der Waals surface area (Å²) in [6, 6.07) is 12.4. The van der Waals surface area contributed by atoms with Crippen molar-refractivity contribution >= 4 is 45.4 Å². The Morgan fingerprint density at radius 3 is 2.56 bits per heavy atom. The van der Waals surface area contributed by atoms with Gasteiger partial charge >= 0.3 is 0 Å². The van der Waals surface area contributed by atoms with Crippen LogP contribution in [0.4, 0.5) is 5.69 Å². The molecule has 0 fully saturated rings. The first-order valence-corrected chi connectivity index (χ1v) is 11.5. The van der Waals surface area contributed by atoms with Crippen molar-refractivity contribution in [2.75, 3.05) is 25.3 Å². The molecule has 4 aromatic rings. The second-order valence-corrected chi connectivity index (χ2v) is 8.54. The first-order valence-electron chi connectivity index (χ1n) is 9.59. The molecule has 2 heterocycles. The van der Waals surface area contributed by atoms with Crippen LogP contribution in [0.2, 0.25) is 0 Å². The molecule has 1 amide bonds. The van der Waals surface area contributed by atoms with Crippen LogP contribution < -0.4 is 14.8 Å². The summed E-state index contributed by atoms with van der Waals surface area (Å²) in [5.74, 6) is 1.35. The molecule has 0 aliphatic rings. The lowest BCUT2D eigenvalue weighted by Crippen LogP contribution is -2.14. The van der Waals surface area contributed by atoms with E-state index in [0.29, 0.717) is 32.9 Å². The molecule has 0 unspecified atom stereocenters. The third-order valence-corrected chi connectivity index (χ3v) is 6.46. The Morgan fingerprint density at radius 2 is 1.88 bits per heavy atom. The maximum Gasteiger partial charge on any atom is 0.234 e. The number of hydrogen-bond acceptors (Lipinski definition) is 8. The lowest BCUT2D eigenvalue weighted by molar-refractivity contribution is -0.113. The standard InChI is InChI=1S/C22H20N4O4S2/c1-13(27)14-4-6-15(7-5-14)23-20(28)12-32-22-25-24-21-26(22)18(11-31-21)17-10-16(29-2)8-9-19(17)30-3/h4-11H,12H2,1-3H3,(H,23,28). The molecule has 0 bridgehead atoms. The van der Waals surface area contributed by atoms with Crippen LogP contribution in [0.3, 0.4) is 0 Å². The molecule has 0 saturated heterocycles. The zero-order valence-corrected chi connectivity index (χ0v) is 19.3. The number of nitrogens with zero attached hydrogens (tertiary/aromatic N) is 3. The van der Waals surface area contributed by atoms with Gasteiger partial charge in [-0.05, 0) is 49.4 Å². The highest BCUT2D eigenvalue weighted by Gasteiger charge is 2.18. The molecule has 0 saturated carbocycles. The number of aromatic nitrogens is 3. The fourth-order valence-electron chi connectivity index (χ4n) is 3.11. The van der Waals surface area contributed by atoms with Crippen LogP contribution in [0.25, 0.3) is 16.2 Å². The van der Waals surface area contributed by atoms with Gasteiger partial charge in [-0.1, -0.05) is 11.8 Å². The Kier molecular flexibility index (Phi) is 6.42. The summed E-state index contributed by atoms with van der Waals surface area (Å²) in [4.78, 5) is 24.5. The number of carbonyl (C=O) groups is 2. The SMILES string of the molecule is COc1ccc(OC)c(-c2csc3nnc(SCC(=O)Nc4ccc(C(C)=O)cc4)n23)c1. The van der Waals surface area contributed by atoms with Crippen molar-refractivity contribution in [1.82, 2.24) is 14.6 Å². The van der Waals surface area contributed by atoms with E-state index < -0.39 is 0 Å². The highest BCUT2D eigenvalue weighted by Crippen LogP contribution is 2.37. The Morgan fingerprint density at radius 1 is 1.09 bits per heavy atom. The van der Waals surface area contributed by atoms with E-state index >= 15 is 0 Å². The number of ketones is 1. The second kappa shape index (κ2) is 9.41. The first kappa shape index (κ1) is 21.8. The third kappa shape index (κ3) is 4.46. The molecule has 10 heteroatoms. The molecule has 0 atom stereocenters. The van der Waals surface area contributed by atoms with Crippen molar-refractivity contribution in [3.63, 3.8) is 0 Å². The van der Waals surface area contributed by atoms with Crippen molar-refractivity contribution < 1.29 is 19.1 Å². The number of hydrogen-bond donors (Lipinski definition) is 1. The van der Waals surface area contributed by atoms with Crippen molar-refractivity contribution in [2.24, 2.45) is 0 Å². The van der Waals surface area contributed by atoms with Crippen LogP contribution in [-0.2, 0) is 4.79 Å². The highest BCUT2D eigenvalue weighted by molar-refractivity contribution is 7.99. The minimum absolute atomic E-state index is 0.0199. The number of benzene rings is 2. The van der Waals surface area contributed by atoms with Gasteiger partial charge in [-0.2, -0.15) is 0 Å². The number of thiazole rings is 1. The third-order valence-electron chi connectivity index (χ3n) is 4.71. The van der Waals surface area contributed by atoms with Crippen LogP contribution in [0.5, 0.6) is 11.5 Å². The number of nitrogens with one attached hydrogen (secondary N) is 1. The van der Waals surface area contributed by atoms with Gasteiger partial charge in [0.15, 0.2) is 10.9 Å². The van der Waals surface area contributed by atoms with Gasteiger partial charge in [0.1, 0.15) is 11.5 Å². The molecule has 32 heavy (non-hydrogen) atoms. The van der Waals surface area contributed by atoms with Gasteiger partial charge in [-0.25, -0.2) is 0 Å². The number of ether oxygens (including phenoxy) is 2. The van der Waals surface area contributed by atoms with E-state index in [1.807, 2.05) is 28.0 Å². The molecule has 2 aromatic heterocycles. The van der Waals surface area contributed by atoms with Gasteiger partial charge in [-0.3, -0.25) is 14.0 Å². The Bertz CT molecular complexity index is 1280. The van der Waals surface area contributed by atoms with E-state index in [4.69, 9.17) is 9.47 Å². The summed E-state index contributed by atoms with van der Waals surface area (Å²) in [5, 5.41) is 13.9. The van der Waals surface area contributed by atoms with Crippen LogP contribution in [0.1, 0.15) is 17.3 Å². The summed E-state index contributed by atoms with van der Waals surface area (Å²) in [6.45, 7) is 1.50. The molecule has 1 N–H and O–H groups in total. The molecule has 4 rings (SSSR count). The van der Waals surface area contributed by atoms with Gasteiger partial charge in [-0.15, -0.1) is 21.5 Å². The van der Waals surface area contributed by atoms with Crippen molar-refractivity contribution in [3.8, 4) is 22.8 Å². The molecular weight excluding hydrogens is 448 g/mol. The summed E-state index contributed by atoms with van der Waals surface area (Å²) in [6.07, 6.45) is 0. The summed E-state index contributed by atoms with van der Waals surface area (Å²) in [5.41, 5.74) is 2.92. The summed E-state index contributed by atoms with van der Waals surface area (Å²) in [7, 11) is 3.23. The molecule has 0 aliphatic carbocycles. The Hall–Kier alpha value is -3.37. The van der Waals surface area contributed by atoms with Gasteiger partial charge in [0.2, 0.25) is 10.9 Å². The molecule has 0 aliphatic heterocycles. The van der Waals surface area contributed by atoms with Crippen molar-refractivity contribution in [3.05, 3.63) is 53.4 Å². The number of amides is 1. The molecule has 2 aromatic carbocycles. The van der Waals surface area contributed by atoms with Crippen LogP contribution in [-0.4, -0.2) is 46.3 Å². The van der Waals surface area contributed by atoms with Crippen LogP contribution in [0, 0.1) is 0 Å². The zero-order valence-electron chi connectivity index (χ0n) is 17.6. The Labute approximate surface area is 192 Å². The molecular formula is C22H20N4O4S2. The number of rotatable bonds is 8. The lowest BCUT2D eigenvalue weighted by atomic mass is 10.1. The van der Waals surface area contributed by atoms with E-state index in [-0.39, 0.29) is 17.4 Å². The molecule has 8 nitrogen and oxygen atoms in total. The molecule has 0 radical (unpaired) electrons. The number of thioether (sulfide) groups is 1. The van der Waals surface area contributed by atoms with Crippen molar-refractivity contribution in [2.45, 2.75) is 12.1 Å². The zero-order chi connectivity index (χ0) is 22.7. The van der Waals surface area contributed by atoms with E-state index in [1.165, 1.54) is 30.0 Å². The largest absolute Gasteiger partial charge is 0.497 e. The van der Waals surface area contributed by atoms with Gasteiger partial charge < -0.3 is 14.8 Å². The van der Waals surface area contributed by atoms with E-state index in [2.05, 4.69) is 15.5 Å². The van der Waals surface area contributed by atoms with E-state index in [0.717, 1.165) is 11.3 Å². The highest BCUT2D eigenvalue weighted by atomic mass is 32.2. The average Bonchev–Trinajstić information content (AvgIpc) is 3.40. The number of methoxy groups -OCH3 is 2. The van der Waals surface area contributed by atoms with Crippen LogP contribution in [0.15, 0.2) is 53.0 Å². The van der Waals surface area contributed by atoms with Crippen LogP contribution >= 0.6 is 23.1 Å². The Balaban J connectivity index is 1.53. The lowest BCUT2D eigenvalue weighted by Gasteiger charge is -2.10. The minimum Gasteiger partial charge on any atom is -0.497 e. The first-order chi connectivity index (χ1) is 15.5. The normalized spacial score (nSPS) is 10.8. The van der Waals surface area contributed by atoms with Gasteiger partial charge in [0.05, 0.1) is 25.7 Å².